The maximum absolute atomic E-state index is 13.4. The van der Waals surface area contributed by atoms with Crippen LogP contribution in [0.3, 0.4) is 0 Å². The minimum atomic E-state index is -4.63. The van der Waals surface area contributed by atoms with Gasteiger partial charge in [-0.05, 0) is 17.7 Å². The van der Waals surface area contributed by atoms with Crippen LogP contribution in [0.25, 0.3) is 0 Å². The minimum absolute atomic E-state index is 0.141. The third-order valence-electron chi connectivity index (χ3n) is 3.20. The Kier molecular flexibility index (Phi) is 5.63. The minimum Gasteiger partial charge on any atom is -0.479 e. The van der Waals surface area contributed by atoms with Crippen molar-refractivity contribution in [2.45, 2.75) is 32.5 Å². The van der Waals surface area contributed by atoms with Gasteiger partial charge >= 0.3 is 12.1 Å². The first-order chi connectivity index (χ1) is 10.3. The van der Waals surface area contributed by atoms with E-state index in [1.54, 1.807) is 0 Å². The average Bonchev–Trinajstić information content (AvgIpc) is 2.37. The highest BCUT2D eigenvalue weighted by Gasteiger charge is 2.48. The molecule has 0 bridgehead atoms. The standard InChI is InChI=1S/C14H14ClF4NO3/c1-13(2,14(17,18)19)6-10(21)20-11(12(22)23)7-3-4-8(15)9(16)5-7/h3-5,11H,6H2,1-2H3,(H,20,21)(H,22,23). The molecule has 0 aliphatic rings. The Hall–Kier alpha value is -1.83. The Morgan fingerprint density at radius 3 is 2.30 bits per heavy atom. The van der Waals surface area contributed by atoms with E-state index in [1.807, 2.05) is 5.32 Å². The summed E-state index contributed by atoms with van der Waals surface area (Å²) in [7, 11) is 0. The molecule has 1 rings (SSSR count). The molecule has 0 fully saturated rings. The molecule has 0 aliphatic heterocycles. The highest BCUT2D eigenvalue weighted by molar-refractivity contribution is 6.30. The third kappa shape index (κ3) is 4.82. The summed E-state index contributed by atoms with van der Waals surface area (Å²) in [6.07, 6.45) is -5.59. The summed E-state index contributed by atoms with van der Waals surface area (Å²) in [6.45, 7) is 1.65. The summed E-state index contributed by atoms with van der Waals surface area (Å²) >= 11 is 5.47. The average molecular weight is 356 g/mol. The molecule has 0 saturated heterocycles. The Morgan fingerprint density at radius 1 is 1.30 bits per heavy atom. The lowest BCUT2D eigenvalue weighted by Crippen LogP contribution is -2.40. The predicted octanol–water partition coefficient (Wildman–Crippen LogP) is 3.70. The molecule has 0 spiro atoms. The Bertz CT molecular complexity index is 617. The van der Waals surface area contributed by atoms with E-state index in [9.17, 15) is 27.2 Å². The van der Waals surface area contributed by atoms with Crippen molar-refractivity contribution < 1.29 is 32.3 Å². The molecular weight excluding hydrogens is 342 g/mol. The van der Waals surface area contributed by atoms with Gasteiger partial charge in [-0.25, -0.2) is 9.18 Å². The Balaban J connectivity index is 2.95. The molecule has 1 amide bonds. The molecule has 1 aromatic carbocycles. The maximum Gasteiger partial charge on any atom is 0.394 e. The second-order valence-corrected chi connectivity index (χ2v) is 5.98. The summed E-state index contributed by atoms with van der Waals surface area (Å²) < 4.78 is 51.6. The summed E-state index contributed by atoms with van der Waals surface area (Å²) in [4.78, 5) is 23.0. The van der Waals surface area contributed by atoms with Gasteiger partial charge in [-0.1, -0.05) is 31.5 Å². The smallest absolute Gasteiger partial charge is 0.394 e. The van der Waals surface area contributed by atoms with Crippen LogP contribution < -0.4 is 5.32 Å². The Morgan fingerprint density at radius 2 is 1.87 bits per heavy atom. The fourth-order valence-corrected chi connectivity index (χ4v) is 1.81. The zero-order valence-electron chi connectivity index (χ0n) is 12.2. The number of halogens is 5. The normalized spacial score (nSPS) is 13.5. The van der Waals surface area contributed by atoms with Crippen molar-refractivity contribution in [2.24, 2.45) is 5.41 Å². The number of carboxylic acids is 1. The van der Waals surface area contributed by atoms with Gasteiger partial charge in [-0.3, -0.25) is 4.79 Å². The fourth-order valence-electron chi connectivity index (χ4n) is 1.69. The zero-order chi connectivity index (χ0) is 18.0. The quantitative estimate of drug-likeness (QED) is 0.791. The number of rotatable bonds is 5. The van der Waals surface area contributed by atoms with Crippen molar-refractivity contribution in [3.63, 3.8) is 0 Å². The molecule has 4 nitrogen and oxygen atoms in total. The van der Waals surface area contributed by atoms with Crippen LogP contribution in [0.1, 0.15) is 31.9 Å². The number of hydrogen-bond donors (Lipinski definition) is 2. The van der Waals surface area contributed by atoms with E-state index in [1.165, 1.54) is 6.07 Å². The molecule has 0 saturated carbocycles. The Labute approximate surface area is 134 Å². The molecule has 128 valence electrons. The largest absolute Gasteiger partial charge is 0.479 e. The molecule has 1 atom stereocenters. The van der Waals surface area contributed by atoms with E-state index in [2.05, 4.69) is 0 Å². The monoisotopic (exact) mass is 355 g/mol. The number of alkyl halides is 3. The van der Waals surface area contributed by atoms with Gasteiger partial charge in [0, 0.05) is 6.42 Å². The van der Waals surface area contributed by atoms with Crippen molar-refractivity contribution in [3.8, 4) is 0 Å². The van der Waals surface area contributed by atoms with Crippen molar-refractivity contribution >= 4 is 23.5 Å². The fraction of sp³-hybridized carbons (Fsp3) is 0.429. The van der Waals surface area contributed by atoms with Crippen molar-refractivity contribution in [3.05, 3.63) is 34.6 Å². The van der Waals surface area contributed by atoms with Crippen molar-refractivity contribution in [2.75, 3.05) is 0 Å². The molecule has 0 radical (unpaired) electrons. The number of benzene rings is 1. The van der Waals surface area contributed by atoms with Crippen LogP contribution in [0.5, 0.6) is 0 Å². The SMILES string of the molecule is CC(C)(CC(=O)NC(C(=O)O)c1ccc(Cl)c(F)c1)C(F)(F)F. The summed E-state index contributed by atoms with van der Waals surface area (Å²) in [6, 6.07) is 1.38. The number of aliphatic carboxylic acids is 1. The highest BCUT2D eigenvalue weighted by atomic mass is 35.5. The van der Waals surface area contributed by atoms with Gasteiger partial charge in [0.15, 0.2) is 6.04 Å². The van der Waals surface area contributed by atoms with Crippen LogP contribution in [0.15, 0.2) is 18.2 Å². The summed E-state index contributed by atoms with van der Waals surface area (Å²) in [5.74, 6) is -3.56. The van der Waals surface area contributed by atoms with Crippen LogP contribution in [0, 0.1) is 11.2 Å². The lowest BCUT2D eigenvalue weighted by Gasteiger charge is -2.27. The second-order valence-electron chi connectivity index (χ2n) is 5.57. The van der Waals surface area contributed by atoms with Gasteiger partial charge in [0.1, 0.15) is 5.82 Å². The zero-order valence-corrected chi connectivity index (χ0v) is 12.9. The molecular formula is C14H14ClF4NO3. The number of hydrogen-bond acceptors (Lipinski definition) is 2. The number of carboxylic acid groups (broad SMARTS) is 1. The molecule has 0 aliphatic carbocycles. The maximum atomic E-state index is 13.4. The second kappa shape index (κ2) is 6.74. The number of amides is 1. The van der Waals surface area contributed by atoms with Gasteiger partial charge in [-0.15, -0.1) is 0 Å². The first-order valence-corrected chi connectivity index (χ1v) is 6.77. The molecule has 0 aromatic heterocycles. The van der Waals surface area contributed by atoms with Crippen LogP contribution in [-0.4, -0.2) is 23.2 Å². The van der Waals surface area contributed by atoms with E-state index in [0.717, 1.165) is 26.0 Å². The highest BCUT2D eigenvalue weighted by Crippen LogP contribution is 2.40. The van der Waals surface area contributed by atoms with E-state index in [4.69, 9.17) is 16.7 Å². The molecule has 1 unspecified atom stereocenters. The van der Waals surface area contributed by atoms with Gasteiger partial charge in [0.25, 0.3) is 0 Å². The topological polar surface area (TPSA) is 66.4 Å². The van der Waals surface area contributed by atoms with Crippen LogP contribution in [-0.2, 0) is 9.59 Å². The van der Waals surface area contributed by atoms with Crippen LogP contribution in [0.4, 0.5) is 17.6 Å². The molecule has 2 N–H and O–H groups in total. The van der Waals surface area contributed by atoms with Gasteiger partial charge in [0.05, 0.1) is 10.4 Å². The van der Waals surface area contributed by atoms with Crippen LogP contribution >= 0.6 is 11.6 Å². The number of nitrogens with one attached hydrogen (secondary N) is 1. The molecule has 1 aromatic rings. The summed E-state index contributed by atoms with van der Waals surface area (Å²) in [5, 5.41) is 10.8. The van der Waals surface area contributed by atoms with Crippen LogP contribution in [0.2, 0.25) is 5.02 Å². The van der Waals surface area contributed by atoms with E-state index in [-0.39, 0.29) is 10.6 Å². The molecule has 9 heteroatoms. The lowest BCUT2D eigenvalue weighted by molar-refractivity contribution is -0.213. The lowest BCUT2D eigenvalue weighted by atomic mass is 9.88. The van der Waals surface area contributed by atoms with Crippen molar-refractivity contribution in [1.82, 2.24) is 5.32 Å². The van der Waals surface area contributed by atoms with E-state index in [0.29, 0.717) is 0 Å². The molecule has 23 heavy (non-hydrogen) atoms. The van der Waals surface area contributed by atoms with Gasteiger partial charge < -0.3 is 10.4 Å². The van der Waals surface area contributed by atoms with E-state index < -0.39 is 41.7 Å². The van der Waals surface area contributed by atoms with E-state index >= 15 is 0 Å². The number of carbonyl (C=O) groups excluding carboxylic acids is 1. The first-order valence-electron chi connectivity index (χ1n) is 6.39. The van der Waals surface area contributed by atoms with Gasteiger partial charge in [-0.2, -0.15) is 13.2 Å². The van der Waals surface area contributed by atoms with Crippen molar-refractivity contribution in [1.29, 1.82) is 0 Å². The molecule has 0 heterocycles. The third-order valence-corrected chi connectivity index (χ3v) is 3.51. The number of carbonyl (C=O) groups is 2. The summed E-state index contributed by atoms with van der Waals surface area (Å²) in [5.41, 5.74) is -2.47. The predicted molar refractivity (Wildman–Crippen MR) is 74.4 cm³/mol. The first kappa shape index (κ1) is 19.2. The van der Waals surface area contributed by atoms with Gasteiger partial charge in [0.2, 0.25) is 5.91 Å².